The summed E-state index contributed by atoms with van der Waals surface area (Å²) < 4.78 is 13.4. The quantitative estimate of drug-likeness (QED) is 0.613. The number of Topliss-reactive ketones (excluding diaryl/α,β-unsaturated/α-hetero) is 1. The third-order valence-corrected chi connectivity index (χ3v) is 3.75. The highest BCUT2D eigenvalue weighted by molar-refractivity contribution is 6.32. The third kappa shape index (κ3) is 1.79. The maximum Gasteiger partial charge on any atom is 0.305 e. The van der Waals surface area contributed by atoms with Gasteiger partial charge in [0.25, 0.3) is 0 Å². The van der Waals surface area contributed by atoms with Crippen LogP contribution in [-0.2, 0) is 10.3 Å². The highest BCUT2D eigenvalue weighted by Gasteiger charge is 2.54. The molecule has 18 heavy (non-hydrogen) atoms. The summed E-state index contributed by atoms with van der Waals surface area (Å²) in [5, 5.41) is 11.0. The van der Waals surface area contributed by atoms with Crippen LogP contribution >= 0.6 is 11.6 Å². The van der Waals surface area contributed by atoms with Gasteiger partial charge in [-0.25, -0.2) is 4.39 Å². The second-order valence-electron chi connectivity index (χ2n) is 4.35. The molecule has 1 unspecified atom stereocenters. The van der Waals surface area contributed by atoms with E-state index in [0.29, 0.717) is 12.8 Å². The molecule has 1 aliphatic carbocycles. The van der Waals surface area contributed by atoms with Gasteiger partial charge in [-0.15, -0.1) is 0 Å². The van der Waals surface area contributed by atoms with Crippen molar-refractivity contribution in [3.05, 3.63) is 44.7 Å². The predicted octanol–water partition coefficient (Wildman–Crippen LogP) is 3.09. The molecule has 0 aliphatic heterocycles. The van der Waals surface area contributed by atoms with Gasteiger partial charge in [-0.3, -0.25) is 14.9 Å². The van der Waals surface area contributed by atoms with Crippen LogP contribution in [0.15, 0.2) is 18.2 Å². The first-order chi connectivity index (χ1) is 8.50. The Kier molecular flexibility index (Phi) is 3.34. The van der Waals surface area contributed by atoms with Crippen LogP contribution < -0.4 is 0 Å². The minimum Gasteiger partial charge on any atom is -0.291 e. The second-order valence-corrected chi connectivity index (χ2v) is 4.73. The van der Waals surface area contributed by atoms with Gasteiger partial charge in [0, 0.05) is 17.8 Å². The average Bonchev–Trinajstić information content (AvgIpc) is 2.33. The van der Waals surface area contributed by atoms with E-state index in [-0.39, 0.29) is 23.4 Å². The van der Waals surface area contributed by atoms with Crippen LogP contribution in [0.4, 0.5) is 4.39 Å². The molecule has 1 saturated carbocycles. The molecule has 96 valence electrons. The molecule has 4 nitrogen and oxygen atoms in total. The molecule has 0 saturated heterocycles. The van der Waals surface area contributed by atoms with E-state index in [1.807, 2.05) is 0 Å². The molecule has 1 aliphatic rings. The summed E-state index contributed by atoms with van der Waals surface area (Å²) in [5.41, 5.74) is -1.91. The summed E-state index contributed by atoms with van der Waals surface area (Å²) >= 11 is 5.79. The zero-order valence-electron chi connectivity index (χ0n) is 9.49. The Balaban J connectivity index is 2.64. The van der Waals surface area contributed by atoms with Crippen molar-refractivity contribution in [3.63, 3.8) is 0 Å². The molecule has 1 aromatic rings. The summed E-state index contributed by atoms with van der Waals surface area (Å²) in [4.78, 5) is 22.7. The highest BCUT2D eigenvalue weighted by Crippen LogP contribution is 2.41. The number of rotatable bonds is 2. The number of hydrogen-bond donors (Lipinski definition) is 0. The first-order valence-electron chi connectivity index (χ1n) is 5.62. The first-order valence-corrected chi connectivity index (χ1v) is 6.00. The maximum atomic E-state index is 13.4. The average molecular weight is 272 g/mol. The number of benzene rings is 1. The van der Waals surface area contributed by atoms with Gasteiger partial charge >= 0.3 is 5.54 Å². The Morgan fingerprint density at radius 1 is 1.39 bits per heavy atom. The predicted molar refractivity (Wildman–Crippen MR) is 63.6 cm³/mol. The van der Waals surface area contributed by atoms with E-state index in [9.17, 15) is 19.3 Å². The van der Waals surface area contributed by atoms with Crippen molar-refractivity contribution in [2.24, 2.45) is 0 Å². The first kappa shape index (κ1) is 13.0. The molecular weight excluding hydrogens is 261 g/mol. The highest BCUT2D eigenvalue weighted by atomic mass is 35.5. The smallest absolute Gasteiger partial charge is 0.291 e. The molecule has 1 aromatic carbocycles. The van der Waals surface area contributed by atoms with Crippen LogP contribution in [0.5, 0.6) is 0 Å². The van der Waals surface area contributed by atoms with Crippen molar-refractivity contribution >= 4 is 17.4 Å². The van der Waals surface area contributed by atoms with Gasteiger partial charge in [0.15, 0.2) is 0 Å². The van der Waals surface area contributed by atoms with Crippen molar-refractivity contribution in [2.45, 2.75) is 31.2 Å². The Morgan fingerprint density at radius 2 is 2.11 bits per heavy atom. The lowest BCUT2D eigenvalue weighted by molar-refractivity contribution is -0.563. The fraction of sp³-hybridized carbons (Fsp3) is 0.417. The van der Waals surface area contributed by atoms with Crippen LogP contribution in [0, 0.1) is 15.9 Å². The maximum absolute atomic E-state index is 13.4. The molecule has 0 heterocycles. The van der Waals surface area contributed by atoms with Crippen LogP contribution in [0.2, 0.25) is 5.02 Å². The second kappa shape index (κ2) is 4.65. The number of carbonyl (C=O) groups excluding carboxylic acids is 1. The van der Waals surface area contributed by atoms with Gasteiger partial charge in [0.1, 0.15) is 5.82 Å². The monoisotopic (exact) mass is 271 g/mol. The van der Waals surface area contributed by atoms with Crippen molar-refractivity contribution < 1.29 is 14.1 Å². The van der Waals surface area contributed by atoms with Crippen LogP contribution in [0.1, 0.15) is 31.2 Å². The molecule has 0 aromatic heterocycles. The van der Waals surface area contributed by atoms with Gasteiger partial charge < -0.3 is 0 Å². The van der Waals surface area contributed by atoms with Crippen LogP contribution in [-0.4, -0.2) is 10.7 Å². The van der Waals surface area contributed by atoms with E-state index in [1.54, 1.807) is 0 Å². The van der Waals surface area contributed by atoms with Crippen molar-refractivity contribution in [1.29, 1.82) is 0 Å². The molecule has 1 fully saturated rings. The molecule has 1 atom stereocenters. The largest absolute Gasteiger partial charge is 0.305 e. The Labute approximate surface area is 108 Å². The van der Waals surface area contributed by atoms with Crippen molar-refractivity contribution in [1.82, 2.24) is 0 Å². The van der Waals surface area contributed by atoms with Gasteiger partial charge in [0.2, 0.25) is 5.78 Å². The number of ketones is 1. The molecule has 0 radical (unpaired) electrons. The molecule has 0 N–H and O–H groups in total. The van der Waals surface area contributed by atoms with E-state index in [4.69, 9.17) is 11.6 Å². The number of carbonyl (C=O) groups is 1. The Morgan fingerprint density at radius 3 is 2.72 bits per heavy atom. The molecule has 0 amide bonds. The van der Waals surface area contributed by atoms with Gasteiger partial charge in [-0.1, -0.05) is 17.7 Å². The van der Waals surface area contributed by atoms with Crippen LogP contribution in [0.25, 0.3) is 0 Å². The molecule has 0 bridgehead atoms. The summed E-state index contributed by atoms with van der Waals surface area (Å²) in [6.45, 7) is 0. The SMILES string of the molecule is O=C1CCCCC1(c1cccc(F)c1Cl)[N+](=O)[O-]. The van der Waals surface area contributed by atoms with E-state index in [0.717, 1.165) is 6.07 Å². The summed E-state index contributed by atoms with van der Waals surface area (Å²) in [6, 6.07) is 3.81. The molecule has 2 rings (SSSR count). The lowest BCUT2D eigenvalue weighted by atomic mass is 9.76. The lowest BCUT2D eigenvalue weighted by Crippen LogP contribution is -2.45. The summed E-state index contributed by atoms with van der Waals surface area (Å²) in [5.74, 6) is -1.24. The topological polar surface area (TPSA) is 60.2 Å². The van der Waals surface area contributed by atoms with Crippen molar-refractivity contribution in [2.75, 3.05) is 0 Å². The number of nitrogens with zero attached hydrogens (tertiary/aromatic N) is 1. The van der Waals surface area contributed by atoms with E-state index >= 15 is 0 Å². The summed E-state index contributed by atoms with van der Waals surface area (Å²) in [7, 11) is 0. The fourth-order valence-electron chi connectivity index (χ4n) is 2.41. The normalized spacial score (nSPS) is 24.0. The van der Waals surface area contributed by atoms with Gasteiger partial charge in [-0.05, 0) is 25.0 Å². The number of nitro groups is 1. The molecule has 6 heteroatoms. The Hall–Kier alpha value is -1.49. The molecular formula is C12H11ClFNO3. The van der Waals surface area contributed by atoms with Gasteiger partial charge in [0.05, 0.1) is 10.6 Å². The zero-order valence-corrected chi connectivity index (χ0v) is 10.2. The minimum absolute atomic E-state index is 0.0288. The number of hydrogen-bond acceptors (Lipinski definition) is 3. The van der Waals surface area contributed by atoms with Crippen LogP contribution in [0.3, 0.4) is 0 Å². The minimum atomic E-state index is -1.88. The van der Waals surface area contributed by atoms with E-state index < -0.39 is 22.1 Å². The van der Waals surface area contributed by atoms with E-state index in [1.165, 1.54) is 12.1 Å². The zero-order chi connectivity index (χ0) is 13.3. The molecule has 0 spiro atoms. The fourth-order valence-corrected chi connectivity index (χ4v) is 2.69. The third-order valence-electron chi connectivity index (χ3n) is 3.36. The lowest BCUT2D eigenvalue weighted by Gasteiger charge is -2.28. The van der Waals surface area contributed by atoms with E-state index in [2.05, 4.69) is 0 Å². The Bertz CT molecular complexity index is 520. The van der Waals surface area contributed by atoms with Crippen molar-refractivity contribution in [3.8, 4) is 0 Å². The summed E-state index contributed by atoms with van der Waals surface area (Å²) in [6.07, 6.45) is 1.39. The number of halogens is 2. The standard InChI is InChI=1S/C12H11ClFNO3/c13-11-8(4-3-5-9(11)14)12(15(17)18)7-2-1-6-10(12)16/h3-5H,1-2,6-7H2. The van der Waals surface area contributed by atoms with Gasteiger partial charge in [-0.2, -0.15) is 0 Å².